The van der Waals surface area contributed by atoms with E-state index >= 15 is 0 Å². The summed E-state index contributed by atoms with van der Waals surface area (Å²) in [5.41, 5.74) is 8.87. The van der Waals surface area contributed by atoms with Crippen LogP contribution in [0.3, 0.4) is 0 Å². The molecule has 100 valence electrons. The van der Waals surface area contributed by atoms with Gasteiger partial charge in [-0.15, -0.1) is 0 Å². The molecule has 0 bridgehead atoms. The van der Waals surface area contributed by atoms with Crippen LogP contribution in [0, 0.1) is 0 Å². The van der Waals surface area contributed by atoms with Crippen molar-refractivity contribution in [1.82, 2.24) is 0 Å². The molecule has 0 aliphatic carbocycles. The minimum absolute atomic E-state index is 0.689. The molecule has 2 aromatic rings. The summed E-state index contributed by atoms with van der Waals surface area (Å²) in [6.45, 7) is 0.858. The van der Waals surface area contributed by atoms with Crippen molar-refractivity contribution in [3.63, 3.8) is 0 Å². The monoisotopic (exact) mass is 338 g/mol. The van der Waals surface area contributed by atoms with Gasteiger partial charge in [0.1, 0.15) is 0 Å². The molecular formula is C15H16BrClN2. The summed E-state index contributed by atoms with van der Waals surface area (Å²) >= 11 is 9.77. The van der Waals surface area contributed by atoms with Crippen LogP contribution in [0.2, 0.25) is 5.02 Å². The van der Waals surface area contributed by atoms with Gasteiger partial charge in [0.05, 0.1) is 16.4 Å². The Balaban J connectivity index is 2.10. The van der Waals surface area contributed by atoms with E-state index in [2.05, 4.69) is 33.0 Å². The minimum atomic E-state index is 0.689. The number of nitrogens with zero attached hydrogens (tertiary/aromatic N) is 1. The van der Waals surface area contributed by atoms with Gasteiger partial charge in [-0.2, -0.15) is 0 Å². The molecule has 0 aliphatic rings. The SMILES string of the molecule is CN(CCc1ccccc1Br)c1c(N)cccc1Cl. The number of likely N-dealkylation sites (N-methyl/N-ethyl adjacent to an activating group) is 1. The molecule has 0 saturated heterocycles. The normalized spacial score (nSPS) is 10.5. The molecule has 0 fully saturated rings. The van der Waals surface area contributed by atoms with E-state index in [-0.39, 0.29) is 0 Å². The molecule has 0 aromatic heterocycles. The van der Waals surface area contributed by atoms with Crippen molar-refractivity contribution in [3.05, 3.63) is 57.5 Å². The predicted molar refractivity (Wildman–Crippen MR) is 87.0 cm³/mol. The van der Waals surface area contributed by atoms with Crippen LogP contribution in [0.5, 0.6) is 0 Å². The summed E-state index contributed by atoms with van der Waals surface area (Å²) in [6, 6.07) is 13.8. The van der Waals surface area contributed by atoms with Crippen LogP contribution >= 0.6 is 27.5 Å². The van der Waals surface area contributed by atoms with Gasteiger partial charge in [0.15, 0.2) is 0 Å². The van der Waals surface area contributed by atoms with Crippen LogP contribution in [-0.4, -0.2) is 13.6 Å². The molecule has 2 N–H and O–H groups in total. The molecule has 0 atom stereocenters. The van der Waals surface area contributed by atoms with Crippen LogP contribution in [0.25, 0.3) is 0 Å². The highest BCUT2D eigenvalue weighted by atomic mass is 79.9. The molecule has 0 unspecified atom stereocenters. The average molecular weight is 340 g/mol. The van der Waals surface area contributed by atoms with E-state index in [9.17, 15) is 0 Å². The zero-order valence-corrected chi connectivity index (χ0v) is 13.1. The Hall–Kier alpha value is -1.19. The lowest BCUT2D eigenvalue weighted by Crippen LogP contribution is -2.21. The largest absolute Gasteiger partial charge is 0.397 e. The molecule has 0 radical (unpaired) electrons. The lowest BCUT2D eigenvalue weighted by atomic mass is 10.1. The third-order valence-electron chi connectivity index (χ3n) is 3.07. The number of nitrogens with two attached hydrogens (primary N) is 1. The van der Waals surface area contributed by atoms with Gasteiger partial charge in [-0.3, -0.25) is 0 Å². The van der Waals surface area contributed by atoms with E-state index < -0.39 is 0 Å². The molecule has 2 aromatic carbocycles. The highest BCUT2D eigenvalue weighted by Gasteiger charge is 2.10. The number of hydrogen-bond acceptors (Lipinski definition) is 2. The smallest absolute Gasteiger partial charge is 0.0786 e. The molecule has 0 aliphatic heterocycles. The summed E-state index contributed by atoms with van der Waals surface area (Å²) in [6.07, 6.45) is 0.933. The summed E-state index contributed by atoms with van der Waals surface area (Å²) in [7, 11) is 2.01. The van der Waals surface area contributed by atoms with Crippen molar-refractivity contribution in [2.75, 3.05) is 24.2 Å². The molecule has 19 heavy (non-hydrogen) atoms. The fraction of sp³-hybridized carbons (Fsp3) is 0.200. The third-order valence-corrected chi connectivity index (χ3v) is 4.15. The zero-order valence-electron chi connectivity index (χ0n) is 10.7. The lowest BCUT2D eigenvalue weighted by Gasteiger charge is -2.22. The zero-order chi connectivity index (χ0) is 13.8. The Bertz CT molecular complexity index is 552. The van der Waals surface area contributed by atoms with Gasteiger partial charge in [-0.25, -0.2) is 0 Å². The highest BCUT2D eigenvalue weighted by Crippen LogP contribution is 2.31. The van der Waals surface area contributed by atoms with Gasteiger partial charge in [0.25, 0.3) is 0 Å². The maximum absolute atomic E-state index is 6.21. The maximum atomic E-state index is 6.21. The van der Waals surface area contributed by atoms with Crippen LogP contribution < -0.4 is 10.6 Å². The summed E-state index contributed by atoms with van der Waals surface area (Å²) in [5.74, 6) is 0. The summed E-state index contributed by atoms with van der Waals surface area (Å²) in [4.78, 5) is 2.09. The van der Waals surface area contributed by atoms with Crippen LogP contribution in [0.4, 0.5) is 11.4 Å². The van der Waals surface area contributed by atoms with Crippen molar-refractivity contribution in [2.45, 2.75) is 6.42 Å². The van der Waals surface area contributed by atoms with Gasteiger partial charge in [0.2, 0.25) is 0 Å². The molecule has 2 rings (SSSR count). The number of para-hydroxylation sites is 1. The first kappa shape index (κ1) is 14.2. The number of nitrogen functional groups attached to an aromatic ring is 1. The predicted octanol–water partition coefficient (Wildman–Crippen LogP) is 4.36. The number of benzene rings is 2. The van der Waals surface area contributed by atoms with Gasteiger partial charge in [0, 0.05) is 18.1 Å². The summed E-state index contributed by atoms with van der Waals surface area (Å²) in [5, 5.41) is 0.689. The molecule has 0 amide bonds. The van der Waals surface area contributed by atoms with Gasteiger partial charge in [-0.1, -0.05) is 51.8 Å². The lowest BCUT2D eigenvalue weighted by molar-refractivity contribution is 0.875. The topological polar surface area (TPSA) is 29.3 Å². The Morgan fingerprint density at radius 1 is 1.16 bits per heavy atom. The standard InChI is InChI=1S/C15H16BrClN2/c1-19(15-13(17)7-4-8-14(15)18)10-9-11-5-2-3-6-12(11)16/h2-8H,9-10,18H2,1H3. The highest BCUT2D eigenvalue weighted by molar-refractivity contribution is 9.10. The Morgan fingerprint density at radius 3 is 2.58 bits per heavy atom. The second-order valence-corrected chi connectivity index (χ2v) is 5.70. The Kier molecular flexibility index (Phi) is 4.72. The van der Waals surface area contributed by atoms with Gasteiger partial charge < -0.3 is 10.6 Å². The summed E-state index contributed by atoms with van der Waals surface area (Å²) < 4.78 is 1.13. The fourth-order valence-corrected chi connectivity index (χ4v) is 2.84. The number of hydrogen-bond donors (Lipinski definition) is 1. The van der Waals surface area contributed by atoms with E-state index in [4.69, 9.17) is 17.3 Å². The first-order chi connectivity index (χ1) is 9.09. The van der Waals surface area contributed by atoms with Crippen molar-refractivity contribution < 1.29 is 0 Å². The molecule has 2 nitrogen and oxygen atoms in total. The average Bonchev–Trinajstić information content (AvgIpc) is 2.37. The van der Waals surface area contributed by atoms with Crippen molar-refractivity contribution in [2.24, 2.45) is 0 Å². The van der Waals surface area contributed by atoms with Crippen molar-refractivity contribution in [1.29, 1.82) is 0 Å². The first-order valence-corrected chi connectivity index (χ1v) is 7.25. The Labute approximate surface area is 127 Å². The molecule has 4 heteroatoms. The van der Waals surface area contributed by atoms with E-state index in [1.54, 1.807) is 0 Å². The van der Waals surface area contributed by atoms with Gasteiger partial charge in [-0.05, 0) is 30.2 Å². The van der Waals surface area contributed by atoms with Crippen molar-refractivity contribution >= 4 is 38.9 Å². The second-order valence-electron chi connectivity index (χ2n) is 4.44. The van der Waals surface area contributed by atoms with Gasteiger partial charge >= 0.3 is 0 Å². The van der Waals surface area contributed by atoms with Crippen LogP contribution in [0.15, 0.2) is 46.9 Å². The van der Waals surface area contributed by atoms with E-state index in [0.29, 0.717) is 10.7 Å². The quantitative estimate of drug-likeness (QED) is 0.838. The third kappa shape index (κ3) is 3.43. The number of anilines is 2. The number of halogens is 2. The van der Waals surface area contributed by atoms with Crippen molar-refractivity contribution in [3.8, 4) is 0 Å². The van der Waals surface area contributed by atoms with E-state index in [1.807, 2.05) is 37.4 Å². The second kappa shape index (κ2) is 6.31. The van der Waals surface area contributed by atoms with Crippen LogP contribution in [0.1, 0.15) is 5.56 Å². The number of rotatable bonds is 4. The molecular weight excluding hydrogens is 324 g/mol. The maximum Gasteiger partial charge on any atom is 0.0786 e. The fourth-order valence-electron chi connectivity index (χ4n) is 2.04. The Morgan fingerprint density at radius 2 is 1.89 bits per heavy atom. The molecule has 0 spiro atoms. The van der Waals surface area contributed by atoms with Crippen LogP contribution in [-0.2, 0) is 6.42 Å². The molecule has 0 heterocycles. The first-order valence-electron chi connectivity index (χ1n) is 6.08. The minimum Gasteiger partial charge on any atom is -0.397 e. The van der Waals surface area contributed by atoms with E-state index in [1.165, 1.54) is 5.56 Å². The van der Waals surface area contributed by atoms with E-state index in [0.717, 1.165) is 23.1 Å². The molecule has 0 saturated carbocycles.